The van der Waals surface area contributed by atoms with E-state index in [0.717, 1.165) is 49.5 Å². The minimum absolute atomic E-state index is 0.145. The third kappa shape index (κ3) is 2.86. The van der Waals surface area contributed by atoms with E-state index in [4.69, 9.17) is 9.78 Å². The monoisotopic (exact) mass is 268 g/mol. The average molecular weight is 268 g/mol. The van der Waals surface area contributed by atoms with Gasteiger partial charge in [-0.2, -0.15) is 5.26 Å². The number of pyridine rings is 1. The Morgan fingerprint density at radius 2 is 2.25 bits per heavy atom. The average Bonchev–Trinajstić information content (AvgIpc) is 2.97. The van der Waals surface area contributed by atoms with Gasteiger partial charge in [0.1, 0.15) is 5.69 Å². The number of nitriles is 1. The summed E-state index contributed by atoms with van der Waals surface area (Å²) >= 11 is 0. The standard InChI is InChI=1S/C15H16N4O/c16-9-12-2-1-7-19(10-12)11-14-8-15(18-20-14)13-3-5-17-6-4-13/h3-6,8,12H,1-2,7,10-11H2. The van der Waals surface area contributed by atoms with Gasteiger partial charge in [0.05, 0.1) is 18.5 Å². The van der Waals surface area contributed by atoms with Gasteiger partial charge in [-0.3, -0.25) is 9.88 Å². The molecule has 0 N–H and O–H groups in total. The van der Waals surface area contributed by atoms with E-state index >= 15 is 0 Å². The number of hydrogen-bond donors (Lipinski definition) is 0. The highest BCUT2D eigenvalue weighted by Gasteiger charge is 2.20. The Labute approximate surface area is 117 Å². The molecule has 2 aromatic heterocycles. The van der Waals surface area contributed by atoms with Crippen LogP contribution in [-0.4, -0.2) is 28.1 Å². The van der Waals surface area contributed by atoms with E-state index in [1.807, 2.05) is 18.2 Å². The molecule has 1 atom stereocenters. The number of piperidine rings is 1. The molecule has 3 rings (SSSR count). The van der Waals surface area contributed by atoms with Gasteiger partial charge < -0.3 is 4.52 Å². The molecule has 0 aliphatic carbocycles. The second-order valence-corrected chi connectivity index (χ2v) is 5.12. The lowest BCUT2D eigenvalue weighted by Gasteiger charge is -2.28. The summed E-state index contributed by atoms with van der Waals surface area (Å²) in [7, 11) is 0. The summed E-state index contributed by atoms with van der Waals surface area (Å²) in [6.07, 6.45) is 5.56. The van der Waals surface area contributed by atoms with Gasteiger partial charge in [-0.05, 0) is 31.5 Å². The Balaban J connectivity index is 1.67. The van der Waals surface area contributed by atoms with Gasteiger partial charge in [0, 0.05) is 30.6 Å². The number of rotatable bonds is 3. The fraction of sp³-hybridized carbons (Fsp3) is 0.400. The summed E-state index contributed by atoms with van der Waals surface area (Å²) in [5.41, 5.74) is 1.83. The van der Waals surface area contributed by atoms with Crippen LogP contribution in [0.3, 0.4) is 0 Å². The molecule has 1 aliphatic rings. The summed E-state index contributed by atoms with van der Waals surface area (Å²) in [5.74, 6) is 0.988. The van der Waals surface area contributed by atoms with Crippen LogP contribution in [0.4, 0.5) is 0 Å². The molecule has 0 saturated carbocycles. The van der Waals surface area contributed by atoms with Crippen molar-refractivity contribution in [2.45, 2.75) is 19.4 Å². The fourth-order valence-corrected chi connectivity index (χ4v) is 2.57. The number of nitrogens with zero attached hydrogens (tertiary/aromatic N) is 4. The molecule has 0 radical (unpaired) electrons. The van der Waals surface area contributed by atoms with E-state index < -0.39 is 0 Å². The fourth-order valence-electron chi connectivity index (χ4n) is 2.57. The molecule has 2 aromatic rings. The second-order valence-electron chi connectivity index (χ2n) is 5.12. The quantitative estimate of drug-likeness (QED) is 0.855. The molecule has 1 unspecified atom stereocenters. The van der Waals surface area contributed by atoms with Crippen molar-refractivity contribution in [2.75, 3.05) is 13.1 Å². The predicted molar refractivity (Wildman–Crippen MR) is 73.3 cm³/mol. The lowest BCUT2D eigenvalue weighted by Crippen LogP contribution is -2.34. The van der Waals surface area contributed by atoms with E-state index in [2.05, 4.69) is 21.1 Å². The van der Waals surface area contributed by atoms with Crippen LogP contribution in [0.15, 0.2) is 35.1 Å². The molecule has 1 saturated heterocycles. The maximum absolute atomic E-state index is 9.01. The molecule has 0 aromatic carbocycles. The minimum Gasteiger partial charge on any atom is -0.359 e. The van der Waals surface area contributed by atoms with E-state index in [1.54, 1.807) is 12.4 Å². The SMILES string of the molecule is N#CC1CCCN(Cc2cc(-c3ccncc3)no2)C1. The Hall–Kier alpha value is -2.19. The highest BCUT2D eigenvalue weighted by Crippen LogP contribution is 2.21. The Morgan fingerprint density at radius 1 is 1.40 bits per heavy atom. The van der Waals surface area contributed by atoms with E-state index in [-0.39, 0.29) is 5.92 Å². The van der Waals surface area contributed by atoms with Crippen molar-refractivity contribution < 1.29 is 4.52 Å². The highest BCUT2D eigenvalue weighted by molar-refractivity contribution is 5.57. The molecule has 1 fully saturated rings. The molecule has 0 amide bonds. The van der Waals surface area contributed by atoms with Crippen molar-refractivity contribution >= 4 is 0 Å². The third-order valence-corrected chi connectivity index (χ3v) is 3.60. The molecule has 0 spiro atoms. The van der Waals surface area contributed by atoms with Gasteiger partial charge in [0.2, 0.25) is 0 Å². The molecular formula is C15H16N4O. The molecule has 20 heavy (non-hydrogen) atoms. The zero-order valence-corrected chi connectivity index (χ0v) is 11.2. The van der Waals surface area contributed by atoms with Gasteiger partial charge >= 0.3 is 0 Å². The molecule has 1 aliphatic heterocycles. The predicted octanol–water partition coefficient (Wildman–Crippen LogP) is 2.47. The molecule has 5 nitrogen and oxygen atoms in total. The number of likely N-dealkylation sites (tertiary alicyclic amines) is 1. The molecule has 5 heteroatoms. The smallest absolute Gasteiger partial charge is 0.151 e. The van der Waals surface area contributed by atoms with Crippen LogP contribution in [0.5, 0.6) is 0 Å². The second kappa shape index (κ2) is 5.85. The summed E-state index contributed by atoms with van der Waals surface area (Å²) in [6.45, 7) is 2.56. The summed E-state index contributed by atoms with van der Waals surface area (Å²) in [4.78, 5) is 6.25. The zero-order chi connectivity index (χ0) is 13.8. The normalized spacial score (nSPS) is 19.6. The third-order valence-electron chi connectivity index (χ3n) is 3.60. The molecule has 3 heterocycles. The van der Waals surface area contributed by atoms with E-state index in [1.165, 1.54) is 0 Å². The maximum atomic E-state index is 9.01. The van der Waals surface area contributed by atoms with Gasteiger partial charge in [-0.1, -0.05) is 5.16 Å². The number of aromatic nitrogens is 2. The Bertz CT molecular complexity index is 602. The van der Waals surface area contributed by atoms with Gasteiger partial charge in [-0.25, -0.2) is 0 Å². The molecular weight excluding hydrogens is 252 g/mol. The lowest BCUT2D eigenvalue weighted by molar-refractivity contribution is 0.173. The highest BCUT2D eigenvalue weighted by atomic mass is 16.5. The largest absolute Gasteiger partial charge is 0.359 e. The van der Waals surface area contributed by atoms with Gasteiger partial charge in [-0.15, -0.1) is 0 Å². The van der Waals surface area contributed by atoms with Crippen LogP contribution in [0.25, 0.3) is 11.3 Å². The van der Waals surface area contributed by atoms with Crippen LogP contribution >= 0.6 is 0 Å². The Kier molecular flexibility index (Phi) is 3.75. The van der Waals surface area contributed by atoms with Crippen molar-refractivity contribution in [3.63, 3.8) is 0 Å². The molecule has 0 bridgehead atoms. The van der Waals surface area contributed by atoms with Crippen LogP contribution in [0.1, 0.15) is 18.6 Å². The first-order valence-electron chi connectivity index (χ1n) is 6.83. The maximum Gasteiger partial charge on any atom is 0.151 e. The first-order valence-corrected chi connectivity index (χ1v) is 6.83. The van der Waals surface area contributed by atoms with Crippen molar-refractivity contribution in [1.82, 2.24) is 15.0 Å². The zero-order valence-electron chi connectivity index (χ0n) is 11.2. The van der Waals surface area contributed by atoms with E-state index in [0.29, 0.717) is 0 Å². The summed E-state index contributed by atoms with van der Waals surface area (Å²) in [6, 6.07) is 8.14. The van der Waals surface area contributed by atoms with Crippen molar-refractivity contribution in [3.05, 3.63) is 36.4 Å². The first-order chi connectivity index (χ1) is 9.85. The van der Waals surface area contributed by atoms with Crippen LogP contribution in [-0.2, 0) is 6.54 Å². The van der Waals surface area contributed by atoms with Crippen molar-refractivity contribution in [1.29, 1.82) is 5.26 Å². The number of hydrogen-bond acceptors (Lipinski definition) is 5. The minimum atomic E-state index is 0.145. The lowest BCUT2D eigenvalue weighted by atomic mass is 10.00. The van der Waals surface area contributed by atoms with Gasteiger partial charge in [0.25, 0.3) is 0 Å². The van der Waals surface area contributed by atoms with Crippen molar-refractivity contribution in [3.8, 4) is 17.3 Å². The van der Waals surface area contributed by atoms with Gasteiger partial charge in [0.15, 0.2) is 5.76 Å². The first kappa shape index (κ1) is 12.8. The topological polar surface area (TPSA) is 66.0 Å². The molecule has 102 valence electrons. The Morgan fingerprint density at radius 3 is 3.05 bits per heavy atom. The van der Waals surface area contributed by atoms with Crippen molar-refractivity contribution in [2.24, 2.45) is 5.92 Å². The summed E-state index contributed by atoms with van der Waals surface area (Å²) < 4.78 is 5.40. The van der Waals surface area contributed by atoms with Crippen LogP contribution in [0.2, 0.25) is 0 Å². The van der Waals surface area contributed by atoms with Crippen LogP contribution < -0.4 is 0 Å². The van der Waals surface area contributed by atoms with E-state index in [9.17, 15) is 0 Å². The van der Waals surface area contributed by atoms with Crippen LogP contribution in [0, 0.1) is 17.2 Å². The summed E-state index contributed by atoms with van der Waals surface area (Å²) in [5, 5.41) is 13.1.